The average Bonchev–Trinajstić information content (AvgIpc) is 2.54. The first kappa shape index (κ1) is 14.1. The maximum atomic E-state index is 6.12. The lowest BCUT2D eigenvalue weighted by Gasteiger charge is -2.28. The minimum absolute atomic E-state index is 0.0731. The summed E-state index contributed by atoms with van der Waals surface area (Å²) in [7, 11) is 3.26. The number of benzene rings is 2. The third kappa shape index (κ3) is 2.65. The third-order valence-corrected chi connectivity index (χ3v) is 4.11. The highest BCUT2D eigenvalue weighted by Gasteiger charge is 2.23. The third-order valence-electron chi connectivity index (χ3n) is 3.48. The lowest BCUT2D eigenvalue weighted by molar-refractivity contribution is 0.208. The summed E-state index contributed by atoms with van der Waals surface area (Å²) in [4.78, 5) is 0. The van der Waals surface area contributed by atoms with Gasteiger partial charge in [-0.2, -0.15) is 0 Å². The second-order valence-corrected chi connectivity index (χ2v) is 5.57. The number of fused-ring (bicyclic) bond motifs is 1. The Morgan fingerprint density at radius 2 is 1.95 bits per heavy atom. The van der Waals surface area contributed by atoms with Crippen LogP contribution in [0.25, 0.3) is 0 Å². The van der Waals surface area contributed by atoms with Crippen LogP contribution < -0.4 is 19.5 Å². The maximum Gasteiger partial charge on any atom is 0.161 e. The first-order chi connectivity index (χ1) is 10.2. The highest BCUT2D eigenvalue weighted by atomic mass is 79.9. The number of nitrogens with one attached hydrogen (secondary N) is 1. The van der Waals surface area contributed by atoms with Gasteiger partial charge in [0.2, 0.25) is 0 Å². The summed E-state index contributed by atoms with van der Waals surface area (Å²) >= 11 is 3.52. The van der Waals surface area contributed by atoms with Gasteiger partial charge in [0.15, 0.2) is 17.2 Å². The van der Waals surface area contributed by atoms with Gasteiger partial charge in [0.05, 0.1) is 30.9 Å². The van der Waals surface area contributed by atoms with E-state index in [-0.39, 0.29) is 6.10 Å². The van der Waals surface area contributed by atoms with Crippen LogP contribution in [-0.4, -0.2) is 20.8 Å². The van der Waals surface area contributed by atoms with E-state index in [2.05, 4.69) is 21.2 Å². The topological polar surface area (TPSA) is 39.7 Å². The second-order valence-electron chi connectivity index (χ2n) is 4.72. The van der Waals surface area contributed by atoms with Crippen LogP contribution in [0.1, 0.15) is 11.7 Å². The van der Waals surface area contributed by atoms with Gasteiger partial charge in [0, 0.05) is 0 Å². The SMILES string of the molecule is COc1ccc(C2CNc3cccc(Br)c3O2)cc1OC. The van der Waals surface area contributed by atoms with Crippen LogP contribution in [-0.2, 0) is 0 Å². The van der Waals surface area contributed by atoms with Crippen molar-refractivity contribution in [1.29, 1.82) is 0 Å². The van der Waals surface area contributed by atoms with Gasteiger partial charge in [0.1, 0.15) is 6.10 Å². The number of hydrogen-bond acceptors (Lipinski definition) is 4. The predicted molar refractivity (Wildman–Crippen MR) is 85.5 cm³/mol. The fourth-order valence-corrected chi connectivity index (χ4v) is 2.85. The first-order valence-corrected chi connectivity index (χ1v) is 7.43. The minimum atomic E-state index is -0.0731. The molecule has 2 aromatic rings. The Balaban J connectivity index is 1.91. The summed E-state index contributed by atoms with van der Waals surface area (Å²) in [5.74, 6) is 2.26. The van der Waals surface area contributed by atoms with Gasteiger partial charge in [-0.05, 0) is 45.8 Å². The van der Waals surface area contributed by atoms with Gasteiger partial charge in [-0.25, -0.2) is 0 Å². The summed E-state index contributed by atoms with van der Waals surface area (Å²) in [6, 6.07) is 11.8. The van der Waals surface area contributed by atoms with E-state index in [4.69, 9.17) is 14.2 Å². The molecule has 5 heteroatoms. The number of methoxy groups -OCH3 is 2. The Bertz CT molecular complexity index is 660. The van der Waals surface area contributed by atoms with E-state index in [1.807, 2.05) is 36.4 Å². The highest BCUT2D eigenvalue weighted by molar-refractivity contribution is 9.10. The van der Waals surface area contributed by atoms with Gasteiger partial charge in [0.25, 0.3) is 0 Å². The van der Waals surface area contributed by atoms with Crippen LogP contribution >= 0.6 is 15.9 Å². The van der Waals surface area contributed by atoms with Crippen LogP contribution in [0.2, 0.25) is 0 Å². The lowest BCUT2D eigenvalue weighted by atomic mass is 10.1. The van der Waals surface area contributed by atoms with Gasteiger partial charge >= 0.3 is 0 Å². The molecule has 0 fully saturated rings. The molecule has 0 saturated carbocycles. The van der Waals surface area contributed by atoms with Gasteiger partial charge in [-0.3, -0.25) is 0 Å². The molecule has 1 heterocycles. The smallest absolute Gasteiger partial charge is 0.161 e. The van der Waals surface area contributed by atoms with Crippen molar-refractivity contribution in [2.75, 3.05) is 26.1 Å². The number of hydrogen-bond donors (Lipinski definition) is 1. The fraction of sp³-hybridized carbons (Fsp3) is 0.250. The van der Waals surface area contributed by atoms with E-state index >= 15 is 0 Å². The molecule has 0 aromatic heterocycles. The van der Waals surface area contributed by atoms with E-state index < -0.39 is 0 Å². The minimum Gasteiger partial charge on any atom is -0.493 e. The van der Waals surface area contributed by atoms with Crippen molar-refractivity contribution >= 4 is 21.6 Å². The number of halogens is 1. The molecular formula is C16H16BrNO3. The van der Waals surface area contributed by atoms with Crippen molar-refractivity contribution in [3.8, 4) is 17.2 Å². The normalized spacial score (nSPS) is 16.4. The van der Waals surface area contributed by atoms with E-state index in [0.717, 1.165) is 21.5 Å². The highest BCUT2D eigenvalue weighted by Crippen LogP contribution is 2.40. The molecule has 0 amide bonds. The zero-order valence-electron chi connectivity index (χ0n) is 11.9. The lowest BCUT2D eigenvalue weighted by Crippen LogP contribution is -2.23. The molecule has 0 saturated heterocycles. The number of para-hydroxylation sites is 1. The number of anilines is 1. The Morgan fingerprint density at radius 3 is 2.71 bits per heavy atom. The average molecular weight is 350 g/mol. The van der Waals surface area contributed by atoms with E-state index in [0.29, 0.717) is 18.0 Å². The van der Waals surface area contributed by atoms with E-state index in [1.165, 1.54) is 0 Å². The molecule has 110 valence electrons. The van der Waals surface area contributed by atoms with Crippen molar-refractivity contribution in [3.63, 3.8) is 0 Å². The first-order valence-electron chi connectivity index (χ1n) is 6.64. The molecule has 1 N–H and O–H groups in total. The fourth-order valence-electron chi connectivity index (χ4n) is 2.39. The molecule has 2 aromatic carbocycles. The zero-order chi connectivity index (χ0) is 14.8. The Kier molecular flexibility index (Phi) is 3.92. The number of rotatable bonds is 3. The van der Waals surface area contributed by atoms with Crippen LogP contribution in [0.15, 0.2) is 40.9 Å². The molecular weight excluding hydrogens is 334 g/mol. The monoisotopic (exact) mass is 349 g/mol. The van der Waals surface area contributed by atoms with Crippen LogP contribution in [0.3, 0.4) is 0 Å². The Labute approximate surface area is 132 Å². The zero-order valence-corrected chi connectivity index (χ0v) is 13.4. The molecule has 0 spiro atoms. The summed E-state index contributed by atoms with van der Waals surface area (Å²) in [5, 5.41) is 3.39. The van der Waals surface area contributed by atoms with Crippen molar-refractivity contribution in [2.45, 2.75) is 6.10 Å². The van der Waals surface area contributed by atoms with Crippen molar-refractivity contribution in [3.05, 3.63) is 46.4 Å². The van der Waals surface area contributed by atoms with Gasteiger partial charge in [-0.1, -0.05) is 12.1 Å². The Hall–Kier alpha value is -1.88. The maximum absolute atomic E-state index is 6.12. The predicted octanol–water partition coefficient (Wildman–Crippen LogP) is 4.01. The van der Waals surface area contributed by atoms with Crippen molar-refractivity contribution in [2.24, 2.45) is 0 Å². The second kappa shape index (κ2) is 5.85. The molecule has 1 aliphatic rings. The molecule has 0 radical (unpaired) electrons. The van der Waals surface area contributed by atoms with E-state index in [1.54, 1.807) is 14.2 Å². The Morgan fingerprint density at radius 1 is 1.14 bits per heavy atom. The number of ether oxygens (including phenoxy) is 3. The molecule has 1 aliphatic heterocycles. The van der Waals surface area contributed by atoms with E-state index in [9.17, 15) is 0 Å². The van der Waals surface area contributed by atoms with Gasteiger partial charge < -0.3 is 19.5 Å². The van der Waals surface area contributed by atoms with Crippen LogP contribution in [0.5, 0.6) is 17.2 Å². The molecule has 3 rings (SSSR count). The standard InChI is InChI=1S/C16H16BrNO3/c1-19-13-7-6-10(8-14(13)20-2)15-9-18-12-5-3-4-11(17)16(12)21-15/h3-8,15,18H,9H2,1-2H3. The molecule has 4 nitrogen and oxygen atoms in total. The largest absolute Gasteiger partial charge is 0.493 e. The van der Waals surface area contributed by atoms with Crippen LogP contribution in [0, 0.1) is 0 Å². The molecule has 1 unspecified atom stereocenters. The molecule has 0 aliphatic carbocycles. The summed E-state index contributed by atoms with van der Waals surface area (Å²) in [6.45, 7) is 0.707. The quantitative estimate of drug-likeness (QED) is 0.908. The summed E-state index contributed by atoms with van der Waals surface area (Å²) < 4.78 is 17.7. The van der Waals surface area contributed by atoms with Gasteiger partial charge in [-0.15, -0.1) is 0 Å². The van der Waals surface area contributed by atoms with Crippen molar-refractivity contribution in [1.82, 2.24) is 0 Å². The van der Waals surface area contributed by atoms with Crippen molar-refractivity contribution < 1.29 is 14.2 Å². The molecule has 1 atom stereocenters. The summed E-state index contributed by atoms with van der Waals surface area (Å²) in [5.41, 5.74) is 2.04. The van der Waals surface area contributed by atoms with Crippen LogP contribution in [0.4, 0.5) is 5.69 Å². The summed E-state index contributed by atoms with van der Waals surface area (Å²) in [6.07, 6.45) is -0.0731. The molecule has 0 bridgehead atoms. The molecule has 21 heavy (non-hydrogen) atoms.